The number of hydrogen-bond donors (Lipinski definition) is 1. The second-order valence-corrected chi connectivity index (χ2v) is 3.77. The van der Waals surface area contributed by atoms with E-state index >= 15 is 0 Å². The number of nitrogens with one attached hydrogen (secondary N) is 1. The molecular weight excluding hydrogens is 200 g/mol. The number of benzene rings is 1. The normalized spacial score (nSPS) is 25.5. The molecule has 2 unspecified atom stereocenters. The highest BCUT2D eigenvalue weighted by atomic mass is 19.1. The molecule has 0 saturated carbocycles. The van der Waals surface area contributed by atoms with Gasteiger partial charge < -0.3 is 10.1 Å². The van der Waals surface area contributed by atoms with Crippen molar-refractivity contribution in [1.29, 1.82) is 0 Å². The number of ether oxygens (including phenoxy) is 1. The van der Waals surface area contributed by atoms with Crippen LogP contribution in [0.5, 0.6) is 0 Å². The van der Waals surface area contributed by atoms with Crippen molar-refractivity contribution >= 4 is 5.69 Å². The van der Waals surface area contributed by atoms with Gasteiger partial charge in [-0.25, -0.2) is 8.78 Å². The third-order valence-corrected chi connectivity index (χ3v) is 2.59. The van der Waals surface area contributed by atoms with Crippen LogP contribution in [0.3, 0.4) is 0 Å². The van der Waals surface area contributed by atoms with Gasteiger partial charge in [-0.15, -0.1) is 0 Å². The van der Waals surface area contributed by atoms with Gasteiger partial charge in [0.2, 0.25) is 0 Å². The molecule has 1 aromatic carbocycles. The zero-order valence-electron chi connectivity index (χ0n) is 8.47. The minimum absolute atomic E-state index is 0.0799. The van der Waals surface area contributed by atoms with Gasteiger partial charge in [0.05, 0.1) is 12.1 Å². The average Bonchev–Trinajstić information content (AvgIpc) is 2.50. The van der Waals surface area contributed by atoms with Crippen LogP contribution in [0.1, 0.15) is 13.3 Å². The number of hydrogen-bond acceptors (Lipinski definition) is 2. The molecule has 0 bridgehead atoms. The van der Waals surface area contributed by atoms with Crippen molar-refractivity contribution in [2.45, 2.75) is 25.5 Å². The third-order valence-electron chi connectivity index (χ3n) is 2.59. The van der Waals surface area contributed by atoms with E-state index in [0.717, 1.165) is 12.5 Å². The van der Waals surface area contributed by atoms with Crippen molar-refractivity contribution in [3.63, 3.8) is 0 Å². The van der Waals surface area contributed by atoms with Gasteiger partial charge in [-0.3, -0.25) is 0 Å². The Morgan fingerprint density at radius 1 is 1.27 bits per heavy atom. The molecule has 82 valence electrons. The summed E-state index contributed by atoms with van der Waals surface area (Å²) in [6.45, 7) is 2.64. The van der Waals surface area contributed by atoms with E-state index in [1.807, 2.05) is 6.92 Å². The van der Waals surface area contributed by atoms with Crippen LogP contribution in [0.4, 0.5) is 14.5 Å². The molecule has 1 fully saturated rings. The smallest absolute Gasteiger partial charge is 0.128 e. The van der Waals surface area contributed by atoms with E-state index in [2.05, 4.69) is 5.32 Å². The van der Waals surface area contributed by atoms with Crippen LogP contribution in [0.25, 0.3) is 0 Å². The summed E-state index contributed by atoms with van der Waals surface area (Å²) in [5.41, 5.74) is 0.467. The van der Waals surface area contributed by atoms with Crippen molar-refractivity contribution < 1.29 is 13.5 Å². The summed E-state index contributed by atoms with van der Waals surface area (Å²) >= 11 is 0. The van der Waals surface area contributed by atoms with Crippen LogP contribution in [-0.4, -0.2) is 18.8 Å². The minimum Gasteiger partial charge on any atom is -0.379 e. The Balaban J connectivity index is 2.10. The number of anilines is 1. The summed E-state index contributed by atoms with van der Waals surface area (Å²) in [6, 6.07) is 3.56. The summed E-state index contributed by atoms with van der Waals surface area (Å²) in [5, 5.41) is 3.07. The maximum absolute atomic E-state index is 12.9. The van der Waals surface area contributed by atoms with Crippen molar-refractivity contribution in [1.82, 2.24) is 0 Å². The van der Waals surface area contributed by atoms with Crippen LogP contribution < -0.4 is 5.32 Å². The van der Waals surface area contributed by atoms with E-state index in [4.69, 9.17) is 4.74 Å². The van der Waals surface area contributed by atoms with Crippen LogP contribution in [0.15, 0.2) is 18.2 Å². The highest BCUT2D eigenvalue weighted by molar-refractivity contribution is 5.45. The largest absolute Gasteiger partial charge is 0.379 e. The second-order valence-electron chi connectivity index (χ2n) is 3.77. The fourth-order valence-corrected chi connectivity index (χ4v) is 1.77. The van der Waals surface area contributed by atoms with E-state index < -0.39 is 11.6 Å². The van der Waals surface area contributed by atoms with Gasteiger partial charge >= 0.3 is 0 Å². The first-order chi connectivity index (χ1) is 7.15. The van der Waals surface area contributed by atoms with Gasteiger partial charge in [-0.1, -0.05) is 0 Å². The van der Waals surface area contributed by atoms with Gasteiger partial charge in [0.25, 0.3) is 0 Å². The van der Waals surface area contributed by atoms with Gasteiger partial charge in [0.1, 0.15) is 11.6 Å². The summed E-state index contributed by atoms with van der Waals surface area (Å²) in [5.74, 6) is -1.13. The molecule has 1 N–H and O–H groups in total. The van der Waals surface area contributed by atoms with Crippen LogP contribution in [0.2, 0.25) is 0 Å². The summed E-state index contributed by atoms with van der Waals surface area (Å²) in [6.07, 6.45) is 0.940. The molecular formula is C11H13F2NO. The first-order valence-corrected chi connectivity index (χ1v) is 4.99. The molecule has 15 heavy (non-hydrogen) atoms. The van der Waals surface area contributed by atoms with Crippen LogP contribution in [-0.2, 0) is 4.74 Å². The predicted octanol–water partition coefficient (Wildman–Crippen LogP) is 2.55. The maximum atomic E-state index is 12.9. The lowest BCUT2D eigenvalue weighted by molar-refractivity contribution is 0.121. The topological polar surface area (TPSA) is 21.3 Å². The third kappa shape index (κ3) is 2.45. The molecule has 0 radical (unpaired) electrons. The molecule has 0 aromatic heterocycles. The first kappa shape index (κ1) is 10.4. The van der Waals surface area contributed by atoms with Crippen LogP contribution in [0, 0.1) is 11.6 Å². The van der Waals surface area contributed by atoms with Gasteiger partial charge in [-0.2, -0.15) is 0 Å². The monoisotopic (exact) mass is 213 g/mol. The standard InChI is InChI=1S/C11H13F2NO/c1-7-11(2-3-15-7)14-10-5-8(12)4-9(13)6-10/h4-7,11,14H,2-3H2,1H3. The molecule has 0 spiro atoms. The average molecular weight is 213 g/mol. The predicted molar refractivity (Wildman–Crippen MR) is 53.8 cm³/mol. The fourth-order valence-electron chi connectivity index (χ4n) is 1.77. The van der Waals surface area contributed by atoms with Gasteiger partial charge in [-0.05, 0) is 25.5 Å². The molecule has 1 heterocycles. The molecule has 1 aliphatic heterocycles. The fraction of sp³-hybridized carbons (Fsp3) is 0.455. The quantitative estimate of drug-likeness (QED) is 0.815. The molecule has 1 aromatic rings. The Morgan fingerprint density at radius 2 is 1.93 bits per heavy atom. The Morgan fingerprint density at radius 3 is 2.47 bits per heavy atom. The summed E-state index contributed by atoms with van der Waals surface area (Å²) in [7, 11) is 0. The zero-order chi connectivity index (χ0) is 10.8. The molecule has 2 atom stereocenters. The van der Waals surface area contributed by atoms with Gasteiger partial charge in [0.15, 0.2) is 0 Å². The van der Waals surface area contributed by atoms with Crippen molar-refractivity contribution in [3.8, 4) is 0 Å². The van der Waals surface area contributed by atoms with Crippen LogP contribution >= 0.6 is 0 Å². The lowest BCUT2D eigenvalue weighted by Crippen LogP contribution is -2.26. The van der Waals surface area contributed by atoms with E-state index in [0.29, 0.717) is 12.3 Å². The first-order valence-electron chi connectivity index (χ1n) is 4.99. The zero-order valence-corrected chi connectivity index (χ0v) is 8.47. The van der Waals surface area contributed by atoms with E-state index in [1.165, 1.54) is 12.1 Å². The van der Waals surface area contributed by atoms with Crippen molar-refractivity contribution in [2.24, 2.45) is 0 Å². The Kier molecular flexibility index (Phi) is 2.86. The lowest BCUT2D eigenvalue weighted by Gasteiger charge is -2.17. The molecule has 2 rings (SSSR count). The van der Waals surface area contributed by atoms with E-state index in [9.17, 15) is 8.78 Å². The molecule has 1 saturated heterocycles. The summed E-state index contributed by atoms with van der Waals surface area (Å²) < 4.78 is 31.1. The SMILES string of the molecule is CC1OCCC1Nc1cc(F)cc(F)c1. The highest BCUT2D eigenvalue weighted by Gasteiger charge is 2.23. The molecule has 0 amide bonds. The lowest BCUT2D eigenvalue weighted by atomic mass is 10.1. The Bertz CT molecular complexity index is 336. The van der Waals surface area contributed by atoms with Gasteiger partial charge in [0, 0.05) is 18.4 Å². The highest BCUT2D eigenvalue weighted by Crippen LogP contribution is 2.20. The minimum atomic E-state index is -0.566. The Hall–Kier alpha value is -1.16. The van der Waals surface area contributed by atoms with Crippen molar-refractivity contribution in [3.05, 3.63) is 29.8 Å². The molecule has 1 aliphatic rings. The van der Waals surface area contributed by atoms with Crippen molar-refractivity contribution in [2.75, 3.05) is 11.9 Å². The molecule has 2 nitrogen and oxygen atoms in total. The summed E-state index contributed by atoms with van der Waals surface area (Å²) in [4.78, 5) is 0. The second kappa shape index (κ2) is 4.14. The Labute approximate surface area is 87.2 Å². The van der Waals surface area contributed by atoms with E-state index in [-0.39, 0.29) is 12.1 Å². The molecule has 0 aliphatic carbocycles. The maximum Gasteiger partial charge on any atom is 0.128 e. The number of halogens is 2. The number of rotatable bonds is 2. The van der Waals surface area contributed by atoms with E-state index in [1.54, 1.807) is 0 Å². The molecule has 4 heteroatoms.